The van der Waals surface area contributed by atoms with Crippen LogP contribution in [0.2, 0.25) is 0 Å². The van der Waals surface area contributed by atoms with E-state index in [0.717, 1.165) is 0 Å². The zero-order valence-corrected chi connectivity index (χ0v) is 11.9. The van der Waals surface area contributed by atoms with Crippen molar-refractivity contribution in [2.75, 3.05) is 0 Å². The van der Waals surface area contributed by atoms with Gasteiger partial charge in [0.15, 0.2) is 0 Å². The Kier molecular flexibility index (Phi) is 5.23. The second kappa shape index (κ2) is 6.09. The quantitative estimate of drug-likeness (QED) is 0.470. The lowest BCUT2D eigenvalue weighted by molar-refractivity contribution is -0.308. The molecule has 1 aromatic rings. The fourth-order valence-electron chi connectivity index (χ4n) is 1.86. The largest absolute Gasteiger partial charge is 0.458 e. The van der Waals surface area contributed by atoms with Crippen molar-refractivity contribution in [3.8, 4) is 0 Å². The maximum atomic E-state index is 13.5. The molecule has 0 nitrogen and oxygen atoms in total. The molecular formula is C12H3F15. The maximum absolute atomic E-state index is 13.5. The molecule has 0 amide bonds. The van der Waals surface area contributed by atoms with Gasteiger partial charge in [0.25, 0.3) is 0 Å². The van der Waals surface area contributed by atoms with Crippen molar-refractivity contribution in [2.45, 2.75) is 36.3 Å². The minimum Gasteiger partial charge on any atom is -0.191 e. The van der Waals surface area contributed by atoms with Crippen molar-refractivity contribution in [1.29, 1.82) is 0 Å². The molecule has 0 heterocycles. The maximum Gasteiger partial charge on any atom is 0.458 e. The molecule has 0 saturated carbocycles. The van der Waals surface area contributed by atoms with Gasteiger partial charge >= 0.3 is 36.3 Å². The SMILES string of the molecule is FC(F)(F)C(F)(F)c1cccc(C(F)(F)C(F)(F)F)c1C(F)(F)C(F)(F)F. The monoisotopic (exact) mass is 432 g/mol. The molecule has 0 unspecified atom stereocenters. The lowest BCUT2D eigenvalue weighted by Gasteiger charge is -2.31. The van der Waals surface area contributed by atoms with Gasteiger partial charge in [0, 0.05) is 16.7 Å². The van der Waals surface area contributed by atoms with Gasteiger partial charge in [-0.15, -0.1) is 0 Å². The van der Waals surface area contributed by atoms with E-state index in [9.17, 15) is 65.9 Å². The Morgan fingerprint density at radius 2 is 0.667 bits per heavy atom. The number of rotatable bonds is 3. The summed E-state index contributed by atoms with van der Waals surface area (Å²) in [6.07, 6.45) is -20.8. The lowest BCUT2D eigenvalue weighted by Crippen LogP contribution is -2.44. The summed E-state index contributed by atoms with van der Waals surface area (Å²) < 4.78 is 192. The Morgan fingerprint density at radius 1 is 0.407 bits per heavy atom. The highest BCUT2D eigenvalue weighted by molar-refractivity contribution is 5.45. The van der Waals surface area contributed by atoms with Crippen LogP contribution in [0.5, 0.6) is 0 Å². The van der Waals surface area contributed by atoms with Crippen molar-refractivity contribution < 1.29 is 65.9 Å². The van der Waals surface area contributed by atoms with Crippen molar-refractivity contribution in [3.63, 3.8) is 0 Å². The summed E-state index contributed by atoms with van der Waals surface area (Å²) in [6, 6.07) is -1.86. The molecule has 0 saturated heterocycles. The number of hydrogen-bond acceptors (Lipinski definition) is 0. The number of hydrogen-bond donors (Lipinski definition) is 0. The molecular weight excluding hydrogens is 429 g/mol. The van der Waals surface area contributed by atoms with E-state index < -0.39 is 65.1 Å². The van der Waals surface area contributed by atoms with Gasteiger partial charge in [-0.3, -0.25) is 0 Å². The average molecular weight is 432 g/mol. The Morgan fingerprint density at radius 3 is 0.889 bits per heavy atom. The molecule has 0 aliphatic rings. The molecule has 0 spiro atoms. The first-order valence-electron chi connectivity index (χ1n) is 6.08. The topological polar surface area (TPSA) is 0 Å². The summed E-state index contributed by atoms with van der Waals surface area (Å²) in [7, 11) is 0. The van der Waals surface area contributed by atoms with Gasteiger partial charge in [-0.05, 0) is 0 Å². The first kappa shape index (κ1) is 23.2. The molecule has 0 radical (unpaired) electrons. The first-order valence-corrected chi connectivity index (χ1v) is 6.08. The smallest absolute Gasteiger partial charge is 0.191 e. The highest BCUT2D eigenvalue weighted by atomic mass is 19.4. The molecule has 0 aromatic heterocycles. The summed E-state index contributed by atoms with van der Waals surface area (Å²) in [5.74, 6) is -20.1. The summed E-state index contributed by atoms with van der Waals surface area (Å²) >= 11 is 0. The molecule has 0 aliphatic carbocycles. The van der Waals surface area contributed by atoms with Crippen LogP contribution in [0.15, 0.2) is 18.2 Å². The highest BCUT2D eigenvalue weighted by Crippen LogP contribution is 2.56. The van der Waals surface area contributed by atoms with Gasteiger partial charge < -0.3 is 0 Å². The number of alkyl halides is 15. The fraction of sp³-hybridized carbons (Fsp3) is 0.500. The third kappa shape index (κ3) is 3.63. The third-order valence-electron chi connectivity index (χ3n) is 3.12. The zero-order valence-electron chi connectivity index (χ0n) is 11.9. The predicted molar refractivity (Wildman–Crippen MR) is 56.3 cm³/mol. The minimum atomic E-state index is -7.07. The molecule has 0 aliphatic heterocycles. The predicted octanol–water partition coefficient (Wildman–Crippen LogP) is 6.65. The minimum absolute atomic E-state index is 0.361. The van der Waals surface area contributed by atoms with Crippen LogP contribution in [0.3, 0.4) is 0 Å². The van der Waals surface area contributed by atoms with E-state index in [-0.39, 0.29) is 6.07 Å². The van der Waals surface area contributed by atoms with Crippen LogP contribution in [-0.2, 0) is 17.8 Å². The van der Waals surface area contributed by atoms with E-state index in [1.54, 1.807) is 0 Å². The Balaban J connectivity index is 4.10. The highest BCUT2D eigenvalue weighted by Gasteiger charge is 2.70. The number of benzene rings is 1. The lowest BCUT2D eigenvalue weighted by atomic mass is 9.88. The van der Waals surface area contributed by atoms with E-state index in [2.05, 4.69) is 0 Å². The second-order valence-electron chi connectivity index (χ2n) is 4.94. The van der Waals surface area contributed by atoms with E-state index in [1.807, 2.05) is 0 Å². The van der Waals surface area contributed by atoms with Crippen LogP contribution < -0.4 is 0 Å². The summed E-state index contributed by atoms with van der Waals surface area (Å²) in [6.45, 7) is 0. The first-order chi connectivity index (χ1) is 11.6. The third-order valence-corrected chi connectivity index (χ3v) is 3.12. The van der Waals surface area contributed by atoms with Gasteiger partial charge in [-0.25, -0.2) is 0 Å². The van der Waals surface area contributed by atoms with Crippen LogP contribution in [0, 0.1) is 0 Å². The summed E-state index contributed by atoms with van der Waals surface area (Å²) in [4.78, 5) is 0. The Labute approximate surface area is 138 Å². The van der Waals surface area contributed by atoms with Crippen LogP contribution in [-0.4, -0.2) is 18.5 Å². The van der Waals surface area contributed by atoms with Crippen molar-refractivity contribution in [2.24, 2.45) is 0 Å². The number of halogens is 15. The zero-order chi connectivity index (χ0) is 21.9. The normalized spacial score (nSPS) is 15.2. The molecule has 0 atom stereocenters. The fourth-order valence-corrected chi connectivity index (χ4v) is 1.86. The Bertz CT molecular complexity index is 644. The van der Waals surface area contributed by atoms with Gasteiger partial charge in [-0.2, -0.15) is 65.9 Å². The molecule has 27 heavy (non-hydrogen) atoms. The van der Waals surface area contributed by atoms with Crippen molar-refractivity contribution >= 4 is 0 Å². The van der Waals surface area contributed by atoms with Crippen LogP contribution >= 0.6 is 0 Å². The van der Waals surface area contributed by atoms with Gasteiger partial charge in [0.1, 0.15) is 0 Å². The van der Waals surface area contributed by atoms with Crippen LogP contribution in [0.4, 0.5) is 65.9 Å². The van der Waals surface area contributed by atoms with Gasteiger partial charge in [0.2, 0.25) is 0 Å². The van der Waals surface area contributed by atoms with Crippen molar-refractivity contribution in [3.05, 3.63) is 34.9 Å². The molecule has 1 rings (SSSR count). The molecule has 0 bridgehead atoms. The standard InChI is InChI=1S/C12H3F15/c13-7(14,10(19,20)21)4-2-1-3-5(8(15,16)11(22,23)24)6(4)9(17,18)12(25,26)27/h1-3H. The average Bonchev–Trinajstić information content (AvgIpc) is 2.42. The second-order valence-corrected chi connectivity index (χ2v) is 4.94. The van der Waals surface area contributed by atoms with E-state index in [1.165, 1.54) is 0 Å². The van der Waals surface area contributed by atoms with E-state index >= 15 is 0 Å². The molecule has 1 aromatic carbocycles. The van der Waals surface area contributed by atoms with Gasteiger partial charge in [0.05, 0.1) is 0 Å². The van der Waals surface area contributed by atoms with Crippen LogP contribution in [0.1, 0.15) is 16.7 Å². The van der Waals surface area contributed by atoms with E-state index in [4.69, 9.17) is 0 Å². The van der Waals surface area contributed by atoms with E-state index in [0.29, 0.717) is 0 Å². The molecule has 0 N–H and O–H groups in total. The van der Waals surface area contributed by atoms with Crippen molar-refractivity contribution in [1.82, 2.24) is 0 Å². The molecule has 15 heteroatoms. The Hall–Kier alpha value is -1.83. The summed E-state index contributed by atoms with van der Waals surface area (Å²) in [5, 5.41) is 0. The van der Waals surface area contributed by atoms with Crippen LogP contribution in [0.25, 0.3) is 0 Å². The molecule has 156 valence electrons. The molecule has 0 fully saturated rings. The summed E-state index contributed by atoms with van der Waals surface area (Å²) in [5.41, 5.74) is -10.6. The van der Waals surface area contributed by atoms with Gasteiger partial charge in [-0.1, -0.05) is 18.2 Å².